The second-order valence-electron chi connectivity index (χ2n) is 10.00. The van der Waals surface area contributed by atoms with Crippen LogP contribution in [0.3, 0.4) is 0 Å². The van der Waals surface area contributed by atoms with Crippen LogP contribution in [0.5, 0.6) is 0 Å². The standard InChI is InChI=1S/C25H38N6O/c1-19-27-16-22(23(29-19)28-18-25(2,3)4)24(32)26-11-10-20-6-8-21(9-7-20)17-31-14-12-30(5)13-15-31/h6-9,16H,10-15,17-18H2,1-5H3,(H,26,32)(H,27,28,29). The van der Waals surface area contributed by atoms with E-state index in [1.54, 1.807) is 6.20 Å². The monoisotopic (exact) mass is 438 g/mol. The number of amides is 1. The van der Waals surface area contributed by atoms with Gasteiger partial charge in [0.25, 0.3) is 5.91 Å². The van der Waals surface area contributed by atoms with E-state index in [1.807, 2.05) is 6.92 Å². The van der Waals surface area contributed by atoms with Gasteiger partial charge in [0.1, 0.15) is 17.2 Å². The molecule has 1 aliphatic rings. The molecule has 2 aromatic rings. The lowest BCUT2D eigenvalue weighted by atomic mass is 9.97. The molecule has 174 valence electrons. The van der Waals surface area contributed by atoms with Gasteiger partial charge in [-0.15, -0.1) is 0 Å². The summed E-state index contributed by atoms with van der Waals surface area (Å²) in [5.41, 5.74) is 3.14. The van der Waals surface area contributed by atoms with Crippen molar-refractivity contribution in [3.8, 4) is 0 Å². The predicted molar refractivity (Wildman–Crippen MR) is 130 cm³/mol. The lowest BCUT2D eigenvalue weighted by molar-refractivity contribution is 0.0954. The van der Waals surface area contributed by atoms with Crippen LogP contribution in [0.15, 0.2) is 30.5 Å². The zero-order valence-electron chi connectivity index (χ0n) is 20.2. The molecule has 0 radical (unpaired) electrons. The quantitative estimate of drug-likeness (QED) is 0.660. The van der Waals surface area contributed by atoms with E-state index in [4.69, 9.17) is 0 Å². The van der Waals surface area contributed by atoms with Gasteiger partial charge in [-0.1, -0.05) is 45.0 Å². The van der Waals surface area contributed by atoms with Gasteiger partial charge >= 0.3 is 0 Å². The number of carbonyl (C=O) groups excluding carboxylic acids is 1. The van der Waals surface area contributed by atoms with Crippen molar-refractivity contribution in [2.24, 2.45) is 5.41 Å². The number of aromatic nitrogens is 2. The Hall–Kier alpha value is -2.51. The molecule has 0 spiro atoms. The van der Waals surface area contributed by atoms with Crippen molar-refractivity contribution in [1.82, 2.24) is 25.1 Å². The average molecular weight is 439 g/mol. The Balaban J connectivity index is 1.49. The third-order valence-corrected chi connectivity index (χ3v) is 5.66. The number of rotatable bonds is 8. The van der Waals surface area contributed by atoms with Crippen LogP contribution in [-0.4, -0.2) is 72.0 Å². The number of carbonyl (C=O) groups is 1. The lowest BCUT2D eigenvalue weighted by Crippen LogP contribution is -2.43. The fraction of sp³-hybridized carbons (Fsp3) is 0.560. The number of likely N-dealkylation sites (N-methyl/N-ethyl adjacent to an activating group) is 1. The van der Waals surface area contributed by atoms with Gasteiger partial charge in [0.05, 0.1) is 0 Å². The zero-order chi connectivity index (χ0) is 23.1. The number of aryl methyl sites for hydroxylation is 1. The van der Waals surface area contributed by atoms with Crippen LogP contribution in [0.4, 0.5) is 5.82 Å². The summed E-state index contributed by atoms with van der Waals surface area (Å²) in [6.07, 6.45) is 2.40. The molecule has 1 aromatic heterocycles. The SMILES string of the molecule is Cc1ncc(C(=O)NCCc2ccc(CN3CCN(C)CC3)cc2)c(NCC(C)(C)C)n1. The molecule has 0 saturated carbocycles. The first-order valence-corrected chi connectivity index (χ1v) is 11.5. The summed E-state index contributed by atoms with van der Waals surface area (Å²) >= 11 is 0. The van der Waals surface area contributed by atoms with Crippen LogP contribution >= 0.6 is 0 Å². The molecule has 7 nitrogen and oxygen atoms in total. The van der Waals surface area contributed by atoms with Crippen molar-refractivity contribution in [2.45, 2.75) is 40.7 Å². The smallest absolute Gasteiger partial charge is 0.256 e. The van der Waals surface area contributed by atoms with Crippen molar-refractivity contribution in [1.29, 1.82) is 0 Å². The second-order valence-corrected chi connectivity index (χ2v) is 10.00. The first kappa shape index (κ1) is 24.1. The molecule has 1 aliphatic heterocycles. The highest BCUT2D eigenvalue weighted by molar-refractivity contribution is 5.98. The maximum Gasteiger partial charge on any atom is 0.256 e. The Morgan fingerprint density at radius 1 is 1.06 bits per heavy atom. The number of nitrogens with one attached hydrogen (secondary N) is 2. The van der Waals surface area contributed by atoms with E-state index in [0.717, 1.165) is 45.7 Å². The summed E-state index contributed by atoms with van der Waals surface area (Å²) in [5.74, 6) is 1.10. The third-order valence-electron chi connectivity index (χ3n) is 5.66. The van der Waals surface area contributed by atoms with Gasteiger partial charge in [0.15, 0.2) is 0 Å². The van der Waals surface area contributed by atoms with E-state index in [2.05, 4.69) is 82.5 Å². The highest BCUT2D eigenvalue weighted by atomic mass is 16.1. The Morgan fingerprint density at radius 3 is 2.38 bits per heavy atom. The van der Waals surface area contributed by atoms with Crippen molar-refractivity contribution >= 4 is 11.7 Å². The lowest BCUT2D eigenvalue weighted by Gasteiger charge is -2.32. The highest BCUT2D eigenvalue weighted by Crippen LogP contribution is 2.17. The van der Waals surface area contributed by atoms with E-state index in [-0.39, 0.29) is 11.3 Å². The molecule has 1 saturated heterocycles. The van der Waals surface area contributed by atoms with Crippen LogP contribution in [0.1, 0.15) is 48.1 Å². The molecule has 1 amide bonds. The zero-order valence-corrected chi connectivity index (χ0v) is 20.2. The van der Waals surface area contributed by atoms with Gasteiger partial charge in [0, 0.05) is 52.0 Å². The molecule has 0 atom stereocenters. The molecule has 7 heteroatoms. The minimum Gasteiger partial charge on any atom is -0.369 e. The normalized spacial score (nSPS) is 15.5. The Labute approximate surface area is 192 Å². The van der Waals surface area contributed by atoms with Crippen LogP contribution in [0.2, 0.25) is 0 Å². The average Bonchev–Trinajstić information content (AvgIpc) is 2.74. The van der Waals surface area contributed by atoms with Crippen LogP contribution in [0.25, 0.3) is 0 Å². The second kappa shape index (κ2) is 10.9. The molecule has 0 unspecified atom stereocenters. The Morgan fingerprint density at radius 2 is 1.72 bits per heavy atom. The molecule has 2 heterocycles. The predicted octanol–water partition coefficient (Wildman–Crippen LogP) is 2.96. The van der Waals surface area contributed by atoms with Crippen LogP contribution < -0.4 is 10.6 Å². The molecule has 0 bridgehead atoms. The molecular weight excluding hydrogens is 400 g/mol. The van der Waals surface area contributed by atoms with E-state index in [1.165, 1.54) is 11.1 Å². The maximum atomic E-state index is 12.8. The summed E-state index contributed by atoms with van der Waals surface area (Å²) in [6, 6.07) is 8.75. The first-order valence-electron chi connectivity index (χ1n) is 11.5. The van der Waals surface area contributed by atoms with E-state index < -0.39 is 0 Å². The summed E-state index contributed by atoms with van der Waals surface area (Å²) in [6.45, 7) is 15.1. The fourth-order valence-corrected chi connectivity index (χ4v) is 3.61. The number of anilines is 1. The number of hydrogen-bond donors (Lipinski definition) is 2. The topological polar surface area (TPSA) is 73.4 Å². The van der Waals surface area contributed by atoms with Gasteiger partial charge in [-0.05, 0) is 36.9 Å². The minimum atomic E-state index is -0.145. The molecule has 0 aliphatic carbocycles. The van der Waals surface area contributed by atoms with Crippen LogP contribution in [-0.2, 0) is 13.0 Å². The third kappa shape index (κ3) is 7.57. The fourth-order valence-electron chi connectivity index (χ4n) is 3.61. The van der Waals surface area contributed by atoms with E-state index in [0.29, 0.717) is 23.8 Å². The van der Waals surface area contributed by atoms with E-state index in [9.17, 15) is 4.79 Å². The molecule has 1 aromatic carbocycles. The summed E-state index contributed by atoms with van der Waals surface area (Å²) in [7, 11) is 2.18. The van der Waals surface area contributed by atoms with E-state index >= 15 is 0 Å². The van der Waals surface area contributed by atoms with Gasteiger partial charge in [-0.25, -0.2) is 9.97 Å². The van der Waals surface area contributed by atoms with Gasteiger partial charge in [-0.3, -0.25) is 9.69 Å². The maximum absolute atomic E-state index is 12.8. The molecule has 1 fully saturated rings. The molecule has 32 heavy (non-hydrogen) atoms. The molecule has 2 N–H and O–H groups in total. The summed E-state index contributed by atoms with van der Waals surface area (Å²) in [5, 5.41) is 6.32. The number of hydrogen-bond acceptors (Lipinski definition) is 6. The van der Waals surface area contributed by atoms with Crippen molar-refractivity contribution in [3.63, 3.8) is 0 Å². The number of benzene rings is 1. The minimum absolute atomic E-state index is 0.0864. The Kier molecular flexibility index (Phi) is 8.21. The summed E-state index contributed by atoms with van der Waals surface area (Å²) < 4.78 is 0. The highest BCUT2D eigenvalue weighted by Gasteiger charge is 2.17. The van der Waals surface area contributed by atoms with Gasteiger partial charge in [-0.2, -0.15) is 0 Å². The first-order chi connectivity index (χ1) is 15.2. The van der Waals surface area contributed by atoms with Gasteiger partial charge < -0.3 is 15.5 Å². The van der Waals surface area contributed by atoms with Crippen LogP contribution in [0, 0.1) is 12.3 Å². The van der Waals surface area contributed by atoms with Crippen molar-refractivity contribution < 1.29 is 4.79 Å². The number of nitrogens with zero attached hydrogens (tertiary/aromatic N) is 4. The summed E-state index contributed by atoms with van der Waals surface area (Å²) in [4.78, 5) is 26.3. The van der Waals surface area contributed by atoms with Gasteiger partial charge in [0.2, 0.25) is 0 Å². The number of piperazine rings is 1. The largest absolute Gasteiger partial charge is 0.369 e. The molecule has 3 rings (SSSR count). The van der Waals surface area contributed by atoms with Crippen molar-refractivity contribution in [3.05, 3.63) is 53.0 Å². The molecular formula is C25H38N6O. The van der Waals surface area contributed by atoms with Crippen molar-refractivity contribution in [2.75, 3.05) is 51.6 Å². The Bertz CT molecular complexity index is 882.